The fourth-order valence-corrected chi connectivity index (χ4v) is 1.98. The maximum Gasteiger partial charge on any atom is 0.252 e. The zero-order valence-electron chi connectivity index (χ0n) is 9.69. The molecule has 3 nitrogen and oxygen atoms in total. The monoisotopic (exact) mass is 359 g/mol. The van der Waals surface area contributed by atoms with Gasteiger partial charge in [0.15, 0.2) is 5.82 Å². The molecule has 0 N–H and O–H groups in total. The van der Waals surface area contributed by atoms with Crippen LogP contribution in [-0.2, 0) is 6.54 Å². The number of benzene rings is 1. The van der Waals surface area contributed by atoms with E-state index in [0.717, 1.165) is 11.3 Å². The van der Waals surface area contributed by atoms with E-state index in [-0.39, 0.29) is 11.4 Å². The predicted molar refractivity (Wildman–Crippen MR) is 75.5 cm³/mol. The lowest BCUT2D eigenvalue weighted by Gasteiger charge is -2.07. The molecule has 0 aliphatic carbocycles. The Labute approximate surface area is 117 Å². The summed E-state index contributed by atoms with van der Waals surface area (Å²) >= 11 is 1.80. The lowest BCUT2D eigenvalue weighted by molar-refractivity contribution is 0.414. The number of hydrogen-bond donors (Lipinski definition) is 0. The van der Waals surface area contributed by atoms with Crippen molar-refractivity contribution >= 4 is 22.6 Å². The number of pyridine rings is 1. The summed E-state index contributed by atoms with van der Waals surface area (Å²) in [5, 5.41) is 0. The van der Waals surface area contributed by atoms with Crippen molar-refractivity contribution in [3.05, 3.63) is 61.8 Å². The normalized spacial score (nSPS) is 10.4. The van der Waals surface area contributed by atoms with Gasteiger partial charge >= 0.3 is 0 Å². The van der Waals surface area contributed by atoms with E-state index in [9.17, 15) is 9.18 Å². The van der Waals surface area contributed by atoms with E-state index in [1.165, 1.54) is 16.8 Å². The highest BCUT2D eigenvalue weighted by molar-refractivity contribution is 14.1. The summed E-state index contributed by atoms with van der Waals surface area (Å²) in [6.07, 6.45) is 1.23. The molecule has 18 heavy (non-hydrogen) atoms. The molecule has 0 spiro atoms. The summed E-state index contributed by atoms with van der Waals surface area (Å²) in [5.41, 5.74) is 0.704. The van der Waals surface area contributed by atoms with Crippen LogP contribution in [0.15, 0.2) is 41.3 Å². The van der Waals surface area contributed by atoms with Crippen molar-refractivity contribution in [1.82, 2.24) is 4.57 Å². The molecule has 94 valence electrons. The molecule has 0 bridgehead atoms. The topological polar surface area (TPSA) is 31.2 Å². The molecule has 1 aromatic carbocycles. The average molecular weight is 359 g/mol. The Morgan fingerprint density at radius 3 is 2.61 bits per heavy atom. The minimum Gasteiger partial charge on any atom is -0.497 e. The third-order valence-corrected chi connectivity index (χ3v) is 3.37. The van der Waals surface area contributed by atoms with Crippen molar-refractivity contribution in [2.45, 2.75) is 6.54 Å². The Morgan fingerprint density at radius 2 is 2.00 bits per heavy atom. The molecular formula is C13H11FINO2. The highest BCUT2D eigenvalue weighted by Crippen LogP contribution is 2.12. The Hall–Kier alpha value is -1.37. The zero-order valence-corrected chi connectivity index (χ0v) is 11.8. The highest BCUT2D eigenvalue weighted by Gasteiger charge is 2.04. The van der Waals surface area contributed by atoms with Gasteiger partial charge in [-0.2, -0.15) is 0 Å². The van der Waals surface area contributed by atoms with Crippen LogP contribution in [0.5, 0.6) is 5.75 Å². The van der Waals surface area contributed by atoms with Gasteiger partial charge in [-0.05, 0) is 40.3 Å². The maximum atomic E-state index is 13.4. The molecule has 0 unspecified atom stereocenters. The number of methoxy groups -OCH3 is 1. The van der Waals surface area contributed by atoms with E-state index < -0.39 is 0 Å². The van der Waals surface area contributed by atoms with Crippen LogP contribution in [0.2, 0.25) is 0 Å². The zero-order chi connectivity index (χ0) is 13.1. The van der Waals surface area contributed by atoms with E-state index in [1.807, 2.05) is 24.3 Å². The fourth-order valence-electron chi connectivity index (χ4n) is 1.57. The summed E-state index contributed by atoms with van der Waals surface area (Å²) in [4.78, 5) is 11.7. The molecule has 1 aromatic heterocycles. The summed E-state index contributed by atoms with van der Waals surface area (Å²) in [6, 6.07) is 8.61. The molecular weight excluding hydrogens is 348 g/mol. The number of hydrogen-bond acceptors (Lipinski definition) is 2. The maximum absolute atomic E-state index is 13.4. The number of nitrogens with zero attached hydrogens (tertiary/aromatic N) is 1. The van der Waals surface area contributed by atoms with Gasteiger partial charge in [0.1, 0.15) is 5.75 Å². The third-order valence-electron chi connectivity index (χ3n) is 2.54. The van der Waals surface area contributed by atoms with E-state index >= 15 is 0 Å². The second kappa shape index (κ2) is 5.51. The summed E-state index contributed by atoms with van der Waals surface area (Å²) in [6.45, 7) is 0.344. The van der Waals surface area contributed by atoms with Crippen molar-refractivity contribution in [2.24, 2.45) is 0 Å². The average Bonchev–Trinajstić information content (AvgIpc) is 2.37. The van der Waals surface area contributed by atoms with Crippen LogP contribution in [0.25, 0.3) is 0 Å². The van der Waals surface area contributed by atoms with Gasteiger partial charge in [-0.15, -0.1) is 0 Å². The first-order chi connectivity index (χ1) is 8.60. The quantitative estimate of drug-likeness (QED) is 0.790. The number of rotatable bonds is 3. The molecule has 0 aliphatic heterocycles. The van der Waals surface area contributed by atoms with Crippen molar-refractivity contribution in [3.8, 4) is 5.75 Å². The largest absolute Gasteiger partial charge is 0.497 e. The van der Waals surface area contributed by atoms with Crippen LogP contribution in [0.4, 0.5) is 4.39 Å². The molecule has 0 radical (unpaired) electrons. The SMILES string of the molecule is COc1ccc(Cn2cc(F)c(I)cc2=O)cc1. The van der Waals surface area contributed by atoms with E-state index in [0.29, 0.717) is 10.1 Å². The van der Waals surface area contributed by atoms with Gasteiger partial charge in [-0.1, -0.05) is 12.1 Å². The minimum atomic E-state index is -0.385. The first-order valence-electron chi connectivity index (χ1n) is 5.28. The van der Waals surface area contributed by atoms with Crippen molar-refractivity contribution in [3.63, 3.8) is 0 Å². The number of aromatic nitrogens is 1. The van der Waals surface area contributed by atoms with Gasteiger partial charge in [0.2, 0.25) is 0 Å². The van der Waals surface area contributed by atoms with Crippen molar-refractivity contribution in [1.29, 1.82) is 0 Å². The van der Waals surface area contributed by atoms with Crippen molar-refractivity contribution < 1.29 is 9.13 Å². The van der Waals surface area contributed by atoms with Gasteiger partial charge in [0.25, 0.3) is 5.56 Å². The third kappa shape index (κ3) is 2.90. The molecule has 2 aromatic rings. The second-order valence-corrected chi connectivity index (χ2v) is 4.95. The minimum absolute atomic E-state index is 0.211. The standard InChI is InChI=1S/C13H11FINO2/c1-18-10-4-2-9(3-5-10)7-16-8-11(14)12(15)6-13(16)17/h2-6,8H,7H2,1H3. The fraction of sp³-hybridized carbons (Fsp3) is 0.154. The first kappa shape index (κ1) is 13.1. The molecule has 0 aliphatic rings. The van der Waals surface area contributed by atoms with Crippen molar-refractivity contribution in [2.75, 3.05) is 7.11 Å². The molecule has 0 saturated carbocycles. The van der Waals surface area contributed by atoms with Gasteiger partial charge in [-0.25, -0.2) is 4.39 Å². The number of halogens is 2. The molecule has 2 rings (SSSR count). The first-order valence-corrected chi connectivity index (χ1v) is 6.36. The van der Waals surface area contributed by atoms with Crippen LogP contribution in [0.3, 0.4) is 0 Å². The summed E-state index contributed by atoms with van der Waals surface area (Å²) in [5.74, 6) is 0.364. The smallest absolute Gasteiger partial charge is 0.252 e. The molecule has 0 atom stereocenters. The number of ether oxygens (including phenoxy) is 1. The van der Waals surface area contributed by atoms with Crippen LogP contribution in [-0.4, -0.2) is 11.7 Å². The molecule has 1 heterocycles. The van der Waals surface area contributed by atoms with E-state index in [1.54, 1.807) is 29.7 Å². The van der Waals surface area contributed by atoms with Gasteiger partial charge in [0, 0.05) is 12.3 Å². The van der Waals surface area contributed by atoms with E-state index in [4.69, 9.17) is 4.74 Å². The van der Waals surface area contributed by atoms with Gasteiger partial charge < -0.3 is 9.30 Å². The Bertz CT molecular complexity index is 607. The van der Waals surface area contributed by atoms with Crippen LogP contribution < -0.4 is 10.3 Å². The lowest BCUT2D eigenvalue weighted by Crippen LogP contribution is -2.20. The van der Waals surface area contributed by atoms with Crippen LogP contribution >= 0.6 is 22.6 Å². The highest BCUT2D eigenvalue weighted by atomic mass is 127. The van der Waals surface area contributed by atoms with Crippen LogP contribution in [0.1, 0.15) is 5.56 Å². The van der Waals surface area contributed by atoms with Gasteiger partial charge in [-0.3, -0.25) is 4.79 Å². The molecule has 5 heteroatoms. The lowest BCUT2D eigenvalue weighted by atomic mass is 10.2. The molecule has 0 fully saturated rings. The van der Waals surface area contributed by atoms with Gasteiger partial charge in [0.05, 0.1) is 17.2 Å². The second-order valence-electron chi connectivity index (χ2n) is 3.78. The summed E-state index contributed by atoms with van der Waals surface area (Å²) < 4.78 is 20.1. The Balaban J connectivity index is 2.28. The Morgan fingerprint density at radius 1 is 1.33 bits per heavy atom. The van der Waals surface area contributed by atoms with E-state index in [2.05, 4.69) is 0 Å². The van der Waals surface area contributed by atoms with Crippen LogP contribution in [0, 0.1) is 9.39 Å². The predicted octanol–water partition coefficient (Wildman–Crippen LogP) is 2.65. The Kier molecular flexibility index (Phi) is 4.00. The molecule has 0 saturated heterocycles. The summed E-state index contributed by atoms with van der Waals surface area (Å²) in [7, 11) is 1.59. The molecule has 0 amide bonds.